The van der Waals surface area contributed by atoms with Crippen LogP contribution in [0.3, 0.4) is 0 Å². The van der Waals surface area contributed by atoms with Crippen LogP contribution < -0.4 is 20.1 Å². The number of rotatable bonds is 3. The minimum absolute atomic E-state index is 0.149. The van der Waals surface area contributed by atoms with Crippen molar-refractivity contribution in [3.05, 3.63) is 48.1 Å². The molecule has 1 aliphatic heterocycles. The second kappa shape index (κ2) is 8.26. The zero-order valence-corrected chi connectivity index (χ0v) is 15.3. The lowest BCUT2D eigenvalue weighted by Crippen LogP contribution is -2.52. The van der Waals surface area contributed by atoms with Gasteiger partial charge in [0.2, 0.25) is 5.91 Å². The number of carbonyl (C=O) groups excluding carboxylic acids is 1. The molecule has 4 bridgehead atoms. The van der Waals surface area contributed by atoms with Crippen LogP contribution in [0.25, 0.3) is 0 Å². The van der Waals surface area contributed by atoms with Gasteiger partial charge in [-0.3, -0.25) is 4.79 Å². The molecule has 27 heavy (non-hydrogen) atoms. The Morgan fingerprint density at radius 3 is 2.85 bits per heavy atom. The van der Waals surface area contributed by atoms with Gasteiger partial charge in [0.15, 0.2) is 11.5 Å². The predicted octanol–water partition coefficient (Wildman–Crippen LogP) is 1.29. The van der Waals surface area contributed by atoms with E-state index in [2.05, 4.69) is 10.6 Å². The average molecular weight is 372 g/mol. The van der Waals surface area contributed by atoms with E-state index in [1.165, 1.54) is 0 Å². The molecule has 4 atom stereocenters. The van der Waals surface area contributed by atoms with Crippen molar-refractivity contribution in [2.75, 3.05) is 14.2 Å². The van der Waals surface area contributed by atoms with E-state index in [1.807, 2.05) is 24.3 Å². The maximum Gasteiger partial charge on any atom is 0.326 e. The van der Waals surface area contributed by atoms with Crippen LogP contribution in [0.15, 0.2) is 42.5 Å². The summed E-state index contributed by atoms with van der Waals surface area (Å²) in [6.45, 7) is 0. The Morgan fingerprint density at radius 2 is 2.15 bits per heavy atom. The van der Waals surface area contributed by atoms with Gasteiger partial charge in [-0.15, -0.1) is 0 Å². The van der Waals surface area contributed by atoms with Gasteiger partial charge in [-0.2, -0.15) is 0 Å². The third-order valence-corrected chi connectivity index (χ3v) is 4.81. The van der Waals surface area contributed by atoms with Crippen LogP contribution in [0.2, 0.25) is 0 Å². The van der Waals surface area contributed by atoms with Crippen LogP contribution >= 0.6 is 0 Å². The van der Waals surface area contributed by atoms with E-state index in [0.717, 1.165) is 5.56 Å². The minimum Gasteiger partial charge on any atom is -0.493 e. The Morgan fingerprint density at radius 1 is 1.33 bits per heavy atom. The van der Waals surface area contributed by atoms with E-state index >= 15 is 0 Å². The van der Waals surface area contributed by atoms with E-state index in [1.54, 1.807) is 32.4 Å². The van der Waals surface area contributed by atoms with Crippen LogP contribution in [-0.4, -0.2) is 49.3 Å². The largest absolute Gasteiger partial charge is 0.493 e. The van der Waals surface area contributed by atoms with Gasteiger partial charge in [-0.1, -0.05) is 24.3 Å². The van der Waals surface area contributed by atoms with E-state index in [-0.39, 0.29) is 24.3 Å². The Hall–Kier alpha value is -2.80. The number of methoxy groups -OCH3 is 1. The highest BCUT2D eigenvalue weighted by Crippen LogP contribution is 2.31. The minimum atomic E-state index is -1.08. The number of nitrogens with one attached hydrogen (secondary N) is 2. The molecule has 0 spiro atoms. The fraction of sp³-hybridized carbons (Fsp3) is 0.400. The highest BCUT2D eigenvalue weighted by molar-refractivity contribution is 5.87. The number of hydrogen-bond acceptors (Lipinski definition) is 5. The molecule has 1 aromatic carbocycles. The lowest BCUT2D eigenvalue weighted by Gasteiger charge is -2.23. The van der Waals surface area contributed by atoms with Crippen LogP contribution in [-0.2, 0) is 16.0 Å². The fourth-order valence-corrected chi connectivity index (χ4v) is 3.37. The molecule has 7 nitrogen and oxygen atoms in total. The summed E-state index contributed by atoms with van der Waals surface area (Å²) in [5.74, 6) is -0.508. The first-order valence-corrected chi connectivity index (χ1v) is 8.91. The summed E-state index contributed by atoms with van der Waals surface area (Å²) >= 11 is 0. The van der Waals surface area contributed by atoms with E-state index in [9.17, 15) is 14.7 Å². The number of ether oxygens (including phenoxy) is 2. The summed E-state index contributed by atoms with van der Waals surface area (Å²) in [6, 6.07) is 3.69. The highest BCUT2D eigenvalue weighted by atomic mass is 16.5. The fourth-order valence-electron chi connectivity index (χ4n) is 3.37. The summed E-state index contributed by atoms with van der Waals surface area (Å²) in [4.78, 5) is 24.4. The number of carboxylic acid groups (broad SMARTS) is 1. The molecule has 1 heterocycles. The molecule has 1 aromatic rings. The standard InChI is InChI=1S/C20H24N2O5/c1-21-18-13-4-3-5-14(8-7-13)27-17-11-12(6-9-16(17)26-2)10-15(20(24)25)22-19(18)23/h3-4,6-9,11,13-15,18,21H,5,10H2,1-2H3,(H,22,23)(H,24,25)/t13?,14?,15-,18-/m0/s1. The monoisotopic (exact) mass is 372 g/mol. The highest BCUT2D eigenvalue weighted by Gasteiger charge is 2.30. The molecule has 2 aliphatic rings. The number of carbonyl (C=O) groups is 2. The van der Waals surface area contributed by atoms with Gasteiger partial charge < -0.3 is 25.2 Å². The summed E-state index contributed by atoms with van der Waals surface area (Å²) in [6.07, 6.45) is 8.37. The summed E-state index contributed by atoms with van der Waals surface area (Å²) in [5, 5.41) is 15.2. The lowest BCUT2D eigenvalue weighted by molar-refractivity contribution is -0.142. The quantitative estimate of drug-likeness (QED) is 0.692. The molecular weight excluding hydrogens is 348 g/mol. The van der Waals surface area contributed by atoms with Gasteiger partial charge in [0.1, 0.15) is 12.1 Å². The maximum absolute atomic E-state index is 12.7. The number of amides is 1. The lowest BCUT2D eigenvalue weighted by atomic mass is 9.97. The first-order valence-electron chi connectivity index (χ1n) is 8.91. The van der Waals surface area contributed by atoms with Crippen molar-refractivity contribution in [3.8, 4) is 11.5 Å². The molecule has 1 aliphatic carbocycles. The molecule has 0 saturated carbocycles. The third kappa shape index (κ3) is 4.31. The topological polar surface area (TPSA) is 96.9 Å². The number of hydrogen-bond donors (Lipinski definition) is 3. The zero-order chi connectivity index (χ0) is 19.4. The van der Waals surface area contributed by atoms with Crippen molar-refractivity contribution in [1.29, 1.82) is 0 Å². The molecule has 1 amide bonds. The van der Waals surface area contributed by atoms with E-state index < -0.39 is 18.1 Å². The van der Waals surface area contributed by atoms with Crippen molar-refractivity contribution in [2.24, 2.45) is 5.92 Å². The molecule has 144 valence electrons. The normalized spacial score (nSPS) is 27.4. The first-order chi connectivity index (χ1) is 13.0. The summed E-state index contributed by atoms with van der Waals surface area (Å²) in [5.41, 5.74) is 0.741. The SMILES string of the molecule is CN[C@@H]1C(=O)N[C@H](C(=O)O)Cc2ccc(OC)c(c2)OC2C=CC1C=CC2. The summed E-state index contributed by atoms with van der Waals surface area (Å²) < 4.78 is 11.5. The number of aliphatic carboxylic acids is 1. The Labute approximate surface area is 158 Å². The Bertz CT molecular complexity index is 774. The van der Waals surface area contributed by atoms with Gasteiger partial charge in [-0.05, 0) is 30.8 Å². The number of benzene rings is 1. The third-order valence-electron chi connectivity index (χ3n) is 4.81. The Kier molecular flexibility index (Phi) is 5.81. The maximum atomic E-state index is 12.7. The molecule has 2 unspecified atom stereocenters. The van der Waals surface area contributed by atoms with Crippen LogP contribution in [0.1, 0.15) is 12.0 Å². The number of fused-ring (bicyclic) bond motifs is 4. The van der Waals surface area contributed by atoms with Gasteiger partial charge in [0.25, 0.3) is 0 Å². The first kappa shape index (κ1) is 19.0. The van der Waals surface area contributed by atoms with Crippen LogP contribution in [0, 0.1) is 5.92 Å². The van der Waals surface area contributed by atoms with Crippen molar-refractivity contribution in [3.63, 3.8) is 0 Å². The van der Waals surface area contributed by atoms with Gasteiger partial charge in [-0.25, -0.2) is 4.79 Å². The summed E-state index contributed by atoms with van der Waals surface area (Å²) in [7, 11) is 3.25. The van der Waals surface area contributed by atoms with E-state index in [4.69, 9.17) is 9.47 Å². The molecular formula is C20H24N2O5. The molecule has 0 aromatic heterocycles. The molecule has 0 radical (unpaired) electrons. The molecule has 7 heteroatoms. The molecule has 3 N–H and O–H groups in total. The van der Waals surface area contributed by atoms with Crippen molar-refractivity contribution >= 4 is 11.9 Å². The molecule has 0 fully saturated rings. The van der Waals surface area contributed by atoms with Gasteiger partial charge in [0.05, 0.1) is 13.2 Å². The second-order valence-corrected chi connectivity index (χ2v) is 6.64. The zero-order valence-electron chi connectivity index (χ0n) is 15.3. The Balaban J connectivity index is 2.04. The van der Waals surface area contributed by atoms with Gasteiger partial charge >= 0.3 is 5.97 Å². The number of likely N-dealkylation sites (N-methyl/N-ethyl adjacent to an activating group) is 1. The van der Waals surface area contributed by atoms with Crippen molar-refractivity contribution in [2.45, 2.75) is 31.0 Å². The van der Waals surface area contributed by atoms with Gasteiger partial charge in [0, 0.05) is 18.8 Å². The van der Waals surface area contributed by atoms with Crippen LogP contribution in [0.4, 0.5) is 0 Å². The average Bonchev–Trinajstić information content (AvgIpc) is 2.87. The van der Waals surface area contributed by atoms with Crippen LogP contribution in [0.5, 0.6) is 11.5 Å². The molecule has 0 saturated heterocycles. The smallest absolute Gasteiger partial charge is 0.326 e. The van der Waals surface area contributed by atoms with E-state index in [0.29, 0.717) is 17.9 Å². The second-order valence-electron chi connectivity index (χ2n) is 6.64. The van der Waals surface area contributed by atoms with Crippen molar-refractivity contribution in [1.82, 2.24) is 10.6 Å². The molecule has 3 rings (SSSR count). The van der Waals surface area contributed by atoms with Crippen molar-refractivity contribution < 1.29 is 24.2 Å². The predicted molar refractivity (Wildman–Crippen MR) is 99.9 cm³/mol. The number of carboxylic acids is 1.